The molecule has 9 heteroatoms. The third-order valence-electron chi connectivity index (χ3n) is 3.74. The Morgan fingerprint density at radius 1 is 1.19 bits per heavy atom. The van der Waals surface area contributed by atoms with E-state index < -0.39 is 12.8 Å². The Morgan fingerprint density at radius 3 is 2.74 bits per heavy atom. The maximum Gasteiger partial charge on any atom is 0.422 e. The van der Waals surface area contributed by atoms with Crippen LogP contribution in [0.25, 0.3) is 11.0 Å². The van der Waals surface area contributed by atoms with Crippen LogP contribution in [0.1, 0.15) is 18.2 Å². The number of ether oxygens (including phenoxy) is 2. The number of H-pyrrole nitrogens is 1. The number of hydrogen-bond acceptors (Lipinski definition) is 5. The fourth-order valence-corrected chi connectivity index (χ4v) is 3.35. The SMILES string of the molecule is CCOc1ccnc(CSc2nc3ccc(OCC(F)(F)F)cc3[nH]2)c1C. The number of benzene rings is 1. The van der Waals surface area contributed by atoms with Crippen molar-refractivity contribution in [3.8, 4) is 11.5 Å². The van der Waals surface area contributed by atoms with Crippen molar-refractivity contribution < 1.29 is 22.6 Å². The van der Waals surface area contributed by atoms with Crippen LogP contribution in [-0.2, 0) is 5.75 Å². The number of hydrogen-bond donors (Lipinski definition) is 1. The number of fused-ring (bicyclic) bond motifs is 1. The van der Waals surface area contributed by atoms with Crippen molar-refractivity contribution in [1.29, 1.82) is 0 Å². The summed E-state index contributed by atoms with van der Waals surface area (Å²) in [6, 6.07) is 6.44. The smallest absolute Gasteiger partial charge is 0.422 e. The van der Waals surface area contributed by atoms with Crippen molar-refractivity contribution in [1.82, 2.24) is 15.0 Å². The van der Waals surface area contributed by atoms with Crippen molar-refractivity contribution in [3.05, 3.63) is 41.7 Å². The lowest BCUT2D eigenvalue weighted by Gasteiger charge is -2.09. The predicted molar refractivity (Wildman–Crippen MR) is 97.3 cm³/mol. The van der Waals surface area contributed by atoms with E-state index in [1.165, 1.54) is 23.9 Å². The lowest BCUT2D eigenvalue weighted by molar-refractivity contribution is -0.153. The highest BCUT2D eigenvalue weighted by Crippen LogP contribution is 2.28. The number of nitrogens with zero attached hydrogens (tertiary/aromatic N) is 2. The molecule has 0 aliphatic heterocycles. The van der Waals surface area contributed by atoms with Crippen LogP contribution in [0.4, 0.5) is 13.2 Å². The molecule has 0 amide bonds. The van der Waals surface area contributed by atoms with Gasteiger partial charge in [-0.3, -0.25) is 4.98 Å². The highest BCUT2D eigenvalue weighted by atomic mass is 32.2. The molecule has 0 radical (unpaired) electrons. The van der Waals surface area contributed by atoms with Crippen molar-refractivity contribution in [2.24, 2.45) is 0 Å². The maximum atomic E-state index is 12.3. The first-order chi connectivity index (χ1) is 12.9. The van der Waals surface area contributed by atoms with Gasteiger partial charge >= 0.3 is 6.18 Å². The van der Waals surface area contributed by atoms with Crippen LogP contribution in [-0.4, -0.2) is 34.3 Å². The Hall–Kier alpha value is -2.42. The van der Waals surface area contributed by atoms with Gasteiger partial charge in [-0.2, -0.15) is 13.2 Å². The van der Waals surface area contributed by atoms with E-state index in [0.717, 1.165) is 17.0 Å². The third-order valence-corrected chi connectivity index (χ3v) is 4.62. The van der Waals surface area contributed by atoms with E-state index in [9.17, 15) is 13.2 Å². The molecule has 0 saturated carbocycles. The molecule has 3 rings (SSSR count). The van der Waals surface area contributed by atoms with E-state index in [0.29, 0.717) is 28.5 Å². The average molecular weight is 397 g/mol. The van der Waals surface area contributed by atoms with E-state index in [-0.39, 0.29) is 5.75 Å². The van der Waals surface area contributed by atoms with Crippen LogP contribution in [0.2, 0.25) is 0 Å². The molecule has 2 aromatic heterocycles. The molecule has 5 nitrogen and oxygen atoms in total. The van der Waals surface area contributed by atoms with Gasteiger partial charge in [0.15, 0.2) is 11.8 Å². The van der Waals surface area contributed by atoms with E-state index in [1.807, 2.05) is 19.9 Å². The second-order valence-electron chi connectivity index (χ2n) is 5.73. The standard InChI is InChI=1S/C18H18F3N3O2S/c1-3-25-16-6-7-22-15(11(16)2)9-27-17-23-13-5-4-12(8-14(13)24-17)26-10-18(19,20)21/h4-8H,3,9-10H2,1-2H3,(H,23,24). The van der Waals surface area contributed by atoms with Crippen molar-refractivity contribution >= 4 is 22.8 Å². The molecular formula is C18H18F3N3O2S. The van der Waals surface area contributed by atoms with E-state index >= 15 is 0 Å². The van der Waals surface area contributed by atoms with E-state index in [2.05, 4.69) is 15.0 Å². The Kier molecular flexibility index (Phi) is 5.79. The molecule has 0 atom stereocenters. The summed E-state index contributed by atoms with van der Waals surface area (Å²) in [6.07, 6.45) is -2.67. The van der Waals surface area contributed by atoms with Gasteiger partial charge in [0.05, 0.1) is 23.3 Å². The first kappa shape index (κ1) is 19.3. The lowest BCUT2D eigenvalue weighted by Crippen LogP contribution is -2.19. The fraction of sp³-hybridized carbons (Fsp3) is 0.333. The zero-order valence-corrected chi connectivity index (χ0v) is 15.6. The number of alkyl halides is 3. The molecule has 1 N–H and O–H groups in total. The maximum absolute atomic E-state index is 12.3. The van der Waals surface area contributed by atoms with Crippen LogP contribution in [0.15, 0.2) is 35.6 Å². The topological polar surface area (TPSA) is 60.0 Å². The molecule has 3 aromatic rings. The number of pyridine rings is 1. The Labute approximate surface area is 158 Å². The number of rotatable bonds is 7. The number of aromatic nitrogens is 3. The van der Waals surface area contributed by atoms with Crippen LogP contribution >= 0.6 is 11.8 Å². The molecule has 2 heterocycles. The molecule has 27 heavy (non-hydrogen) atoms. The molecule has 0 aliphatic rings. The molecule has 1 aromatic carbocycles. The first-order valence-electron chi connectivity index (χ1n) is 8.25. The summed E-state index contributed by atoms with van der Waals surface area (Å²) in [6.45, 7) is 3.14. The van der Waals surface area contributed by atoms with Crippen molar-refractivity contribution in [3.63, 3.8) is 0 Å². The predicted octanol–water partition coefficient (Wildman–Crippen LogP) is 4.90. The number of aromatic amines is 1. The van der Waals surface area contributed by atoms with E-state index in [1.54, 1.807) is 12.3 Å². The van der Waals surface area contributed by atoms with Crippen molar-refractivity contribution in [2.45, 2.75) is 30.9 Å². The Morgan fingerprint density at radius 2 is 2.00 bits per heavy atom. The number of imidazole rings is 1. The summed E-state index contributed by atoms with van der Waals surface area (Å²) >= 11 is 1.46. The van der Waals surface area contributed by atoms with Gasteiger partial charge < -0.3 is 14.5 Å². The number of thioether (sulfide) groups is 1. The third kappa shape index (κ3) is 5.06. The summed E-state index contributed by atoms with van der Waals surface area (Å²) in [5, 5.41) is 0.654. The number of halogens is 3. The van der Waals surface area contributed by atoms with Gasteiger partial charge in [0.1, 0.15) is 11.5 Å². The van der Waals surface area contributed by atoms with Gasteiger partial charge in [-0.1, -0.05) is 11.8 Å². The Balaban J connectivity index is 1.70. The van der Waals surface area contributed by atoms with E-state index in [4.69, 9.17) is 9.47 Å². The van der Waals surface area contributed by atoms with Crippen LogP contribution in [0.5, 0.6) is 11.5 Å². The zero-order chi connectivity index (χ0) is 19.4. The van der Waals surface area contributed by atoms with Gasteiger partial charge in [-0.25, -0.2) is 4.98 Å². The summed E-state index contributed by atoms with van der Waals surface area (Å²) in [5.41, 5.74) is 3.14. The van der Waals surface area contributed by atoms with Gasteiger partial charge in [-0.05, 0) is 32.0 Å². The number of nitrogens with one attached hydrogen (secondary N) is 1. The molecule has 0 spiro atoms. The normalized spacial score (nSPS) is 11.7. The molecule has 0 unspecified atom stereocenters. The summed E-state index contributed by atoms with van der Waals surface area (Å²) in [7, 11) is 0. The fourth-order valence-electron chi connectivity index (χ4n) is 2.44. The Bertz CT molecular complexity index is 928. The monoisotopic (exact) mass is 397 g/mol. The first-order valence-corrected chi connectivity index (χ1v) is 9.23. The highest BCUT2D eigenvalue weighted by Gasteiger charge is 2.28. The minimum atomic E-state index is -4.37. The summed E-state index contributed by atoms with van der Waals surface area (Å²) in [5.74, 6) is 1.53. The quantitative estimate of drug-likeness (QED) is 0.575. The highest BCUT2D eigenvalue weighted by molar-refractivity contribution is 7.98. The van der Waals surface area contributed by atoms with Crippen LogP contribution in [0, 0.1) is 6.92 Å². The average Bonchev–Trinajstić information content (AvgIpc) is 3.02. The largest absolute Gasteiger partial charge is 0.493 e. The zero-order valence-electron chi connectivity index (χ0n) is 14.8. The second kappa shape index (κ2) is 8.08. The summed E-state index contributed by atoms with van der Waals surface area (Å²) < 4.78 is 47.1. The van der Waals surface area contributed by atoms with Gasteiger partial charge in [-0.15, -0.1) is 0 Å². The van der Waals surface area contributed by atoms with Gasteiger partial charge in [0.25, 0.3) is 0 Å². The van der Waals surface area contributed by atoms with Crippen LogP contribution < -0.4 is 9.47 Å². The molecule has 0 saturated heterocycles. The molecule has 0 aliphatic carbocycles. The second-order valence-corrected chi connectivity index (χ2v) is 6.69. The molecule has 144 valence electrons. The minimum Gasteiger partial charge on any atom is -0.493 e. The molecule has 0 fully saturated rings. The molecular weight excluding hydrogens is 379 g/mol. The lowest BCUT2D eigenvalue weighted by atomic mass is 10.2. The minimum absolute atomic E-state index is 0.141. The van der Waals surface area contributed by atoms with Crippen LogP contribution in [0.3, 0.4) is 0 Å². The van der Waals surface area contributed by atoms with Gasteiger partial charge in [0, 0.05) is 23.6 Å². The van der Waals surface area contributed by atoms with Gasteiger partial charge in [0.2, 0.25) is 0 Å². The van der Waals surface area contributed by atoms with Crippen molar-refractivity contribution in [2.75, 3.05) is 13.2 Å². The summed E-state index contributed by atoms with van der Waals surface area (Å²) in [4.78, 5) is 11.9. The molecule has 0 bridgehead atoms.